The summed E-state index contributed by atoms with van der Waals surface area (Å²) in [5.41, 5.74) is 0. The molecule has 1 unspecified atom stereocenters. The molecule has 2 amide bonds. The fraction of sp³-hybridized carbons (Fsp3) is 0.857. The molecular formula is C14H24N2O2. The highest BCUT2D eigenvalue weighted by Gasteiger charge is 2.33. The van der Waals surface area contributed by atoms with Crippen LogP contribution in [0.5, 0.6) is 0 Å². The molecule has 1 N–H and O–H groups in total. The van der Waals surface area contributed by atoms with Crippen molar-refractivity contribution in [3.05, 3.63) is 0 Å². The molecule has 2 rings (SSSR count). The molecule has 1 aliphatic heterocycles. The molecule has 1 atom stereocenters. The SMILES string of the molecule is CCCC1NC(=O)CCN(C2CCCCC2)C1=O. The van der Waals surface area contributed by atoms with Crippen molar-refractivity contribution in [1.82, 2.24) is 10.2 Å². The van der Waals surface area contributed by atoms with Crippen LogP contribution >= 0.6 is 0 Å². The van der Waals surface area contributed by atoms with Gasteiger partial charge in [-0.05, 0) is 19.3 Å². The lowest BCUT2D eigenvalue weighted by atomic mass is 9.93. The van der Waals surface area contributed by atoms with Crippen LogP contribution in [0.1, 0.15) is 58.3 Å². The maximum absolute atomic E-state index is 12.5. The van der Waals surface area contributed by atoms with E-state index in [1.807, 2.05) is 4.90 Å². The molecule has 4 nitrogen and oxygen atoms in total. The first-order chi connectivity index (χ1) is 8.72. The quantitative estimate of drug-likeness (QED) is 0.833. The zero-order valence-electron chi connectivity index (χ0n) is 11.3. The van der Waals surface area contributed by atoms with Crippen LogP contribution in [-0.4, -0.2) is 35.3 Å². The Morgan fingerprint density at radius 1 is 1.22 bits per heavy atom. The van der Waals surface area contributed by atoms with Gasteiger partial charge in [-0.25, -0.2) is 0 Å². The summed E-state index contributed by atoms with van der Waals surface area (Å²) in [6.07, 6.45) is 8.08. The summed E-state index contributed by atoms with van der Waals surface area (Å²) in [4.78, 5) is 26.1. The van der Waals surface area contributed by atoms with Gasteiger partial charge in [-0.1, -0.05) is 32.6 Å². The average molecular weight is 252 g/mol. The number of carbonyl (C=O) groups excluding carboxylic acids is 2. The highest BCUT2D eigenvalue weighted by molar-refractivity contribution is 5.90. The molecule has 0 bridgehead atoms. The van der Waals surface area contributed by atoms with E-state index in [0.717, 1.165) is 25.7 Å². The second kappa shape index (κ2) is 6.21. The summed E-state index contributed by atoms with van der Waals surface area (Å²) in [6.45, 7) is 2.66. The first-order valence-corrected chi connectivity index (χ1v) is 7.32. The van der Waals surface area contributed by atoms with Gasteiger partial charge in [-0.2, -0.15) is 0 Å². The normalized spacial score (nSPS) is 26.9. The molecule has 0 aromatic carbocycles. The van der Waals surface area contributed by atoms with E-state index >= 15 is 0 Å². The van der Waals surface area contributed by atoms with Crippen LogP contribution in [-0.2, 0) is 9.59 Å². The molecule has 2 fully saturated rings. The van der Waals surface area contributed by atoms with E-state index < -0.39 is 0 Å². The van der Waals surface area contributed by atoms with Crippen molar-refractivity contribution in [2.75, 3.05) is 6.54 Å². The third-order valence-corrected chi connectivity index (χ3v) is 4.09. The molecule has 0 radical (unpaired) electrons. The third-order valence-electron chi connectivity index (χ3n) is 4.09. The average Bonchev–Trinajstić information content (AvgIpc) is 2.52. The van der Waals surface area contributed by atoms with Gasteiger partial charge in [-0.15, -0.1) is 0 Å². The minimum absolute atomic E-state index is 0.0279. The monoisotopic (exact) mass is 252 g/mol. The number of nitrogens with one attached hydrogen (secondary N) is 1. The van der Waals surface area contributed by atoms with Crippen LogP contribution in [0, 0.1) is 0 Å². The van der Waals surface area contributed by atoms with Crippen molar-refractivity contribution in [1.29, 1.82) is 0 Å². The van der Waals surface area contributed by atoms with Gasteiger partial charge >= 0.3 is 0 Å². The lowest BCUT2D eigenvalue weighted by Crippen LogP contribution is -2.48. The highest BCUT2D eigenvalue weighted by atomic mass is 16.2. The molecule has 1 heterocycles. The minimum atomic E-state index is -0.285. The van der Waals surface area contributed by atoms with Crippen LogP contribution in [0.3, 0.4) is 0 Å². The van der Waals surface area contributed by atoms with Gasteiger partial charge in [-0.3, -0.25) is 9.59 Å². The summed E-state index contributed by atoms with van der Waals surface area (Å²) in [7, 11) is 0. The smallest absolute Gasteiger partial charge is 0.245 e. The van der Waals surface area contributed by atoms with Crippen LogP contribution in [0.15, 0.2) is 0 Å². The first kappa shape index (κ1) is 13.4. The second-order valence-electron chi connectivity index (χ2n) is 5.48. The van der Waals surface area contributed by atoms with Gasteiger partial charge in [0.05, 0.1) is 0 Å². The fourth-order valence-electron chi connectivity index (χ4n) is 3.10. The molecule has 4 heteroatoms. The summed E-state index contributed by atoms with van der Waals surface area (Å²) >= 11 is 0. The third kappa shape index (κ3) is 3.03. The predicted octanol–water partition coefficient (Wildman–Crippen LogP) is 1.84. The Kier molecular flexibility index (Phi) is 4.61. The largest absolute Gasteiger partial charge is 0.344 e. The summed E-state index contributed by atoms with van der Waals surface area (Å²) in [5, 5.41) is 2.87. The van der Waals surface area contributed by atoms with Crippen molar-refractivity contribution >= 4 is 11.8 Å². The molecule has 1 aliphatic carbocycles. The van der Waals surface area contributed by atoms with E-state index in [2.05, 4.69) is 12.2 Å². The molecule has 1 saturated carbocycles. The molecule has 2 aliphatic rings. The van der Waals surface area contributed by atoms with E-state index in [1.165, 1.54) is 19.3 Å². The predicted molar refractivity (Wildman–Crippen MR) is 70.0 cm³/mol. The Labute approximate surface area is 109 Å². The number of carbonyl (C=O) groups is 2. The van der Waals surface area contributed by atoms with Crippen molar-refractivity contribution in [3.63, 3.8) is 0 Å². The molecule has 1 saturated heterocycles. The van der Waals surface area contributed by atoms with Crippen LogP contribution < -0.4 is 5.32 Å². The van der Waals surface area contributed by atoms with Gasteiger partial charge < -0.3 is 10.2 Å². The summed E-state index contributed by atoms with van der Waals surface area (Å²) in [6, 6.07) is 0.0882. The maximum Gasteiger partial charge on any atom is 0.245 e. The Hall–Kier alpha value is -1.06. The Morgan fingerprint density at radius 3 is 2.61 bits per heavy atom. The molecular weight excluding hydrogens is 228 g/mol. The lowest BCUT2D eigenvalue weighted by molar-refractivity contribution is -0.136. The number of rotatable bonds is 3. The molecule has 0 aromatic heterocycles. The number of amides is 2. The molecule has 18 heavy (non-hydrogen) atoms. The highest BCUT2D eigenvalue weighted by Crippen LogP contribution is 2.24. The first-order valence-electron chi connectivity index (χ1n) is 7.32. The summed E-state index contributed by atoms with van der Waals surface area (Å²) < 4.78 is 0. The van der Waals surface area contributed by atoms with E-state index in [1.54, 1.807) is 0 Å². The van der Waals surface area contributed by atoms with E-state index in [9.17, 15) is 9.59 Å². The van der Waals surface area contributed by atoms with E-state index in [4.69, 9.17) is 0 Å². The van der Waals surface area contributed by atoms with E-state index in [-0.39, 0.29) is 17.9 Å². The zero-order chi connectivity index (χ0) is 13.0. The van der Waals surface area contributed by atoms with E-state index in [0.29, 0.717) is 19.0 Å². The van der Waals surface area contributed by atoms with Gasteiger partial charge in [0.15, 0.2) is 0 Å². The van der Waals surface area contributed by atoms with Gasteiger partial charge in [0.1, 0.15) is 6.04 Å². The molecule has 102 valence electrons. The topological polar surface area (TPSA) is 49.4 Å². The van der Waals surface area contributed by atoms with Crippen molar-refractivity contribution in [3.8, 4) is 0 Å². The van der Waals surface area contributed by atoms with Crippen molar-refractivity contribution in [2.24, 2.45) is 0 Å². The van der Waals surface area contributed by atoms with Gasteiger partial charge in [0, 0.05) is 19.0 Å². The lowest BCUT2D eigenvalue weighted by Gasteiger charge is -2.34. The van der Waals surface area contributed by atoms with Crippen LogP contribution in [0.2, 0.25) is 0 Å². The van der Waals surface area contributed by atoms with Crippen LogP contribution in [0.4, 0.5) is 0 Å². The standard InChI is InChI=1S/C14H24N2O2/c1-2-6-12-14(18)16(10-9-13(17)15-12)11-7-4-3-5-8-11/h11-12H,2-10H2,1H3,(H,15,17). The minimum Gasteiger partial charge on any atom is -0.344 e. The van der Waals surface area contributed by atoms with Gasteiger partial charge in [0.25, 0.3) is 0 Å². The number of hydrogen-bond donors (Lipinski definition) is 1. The summed E-state index contributed by atoms with van der Waals surface area (Å²) in [5.74, 6) is 0.176. The Balaban J connectivity index is 2.07. The Morgan fingerprint density at radius 2 is 1.94 bits per heavy atom. The van der Waals surface area contributed by atoms with Crippen molar-refractivity contribution < 1.29 is 9.59 Å². The Bertz CT molecular complexity index is 311. The number of hydrogen-bond acceptors (Lipinski definition) is 2. The van der Waals surface area contributed by atoms with Crippen molar-refractivity contribution in [2.45, 2.75) is 70.4 Å². The maximum atomic E-state index is 12.5. The fourth-order valence-corrected chi connectivity index (χ4v) is 3.10. The second-order valence-corrected chi connectivity index (χ2v) is 5.48. The van der Waals surface area contributed by atoms with Crippen LogP contribution in [0.25, 0.3) is 0 Å². The van der Waals surface area contributed by atoms with Gasteiger partial charge in [0.2, 0.25) is 11.8 Å². The molecule has 0 aromatic rings. The zero-order valence-corrected chi connectivity index (χ0v) is 11.3. The molecule has 0 spiro atoms. The number of nitrogens with zero attached hydrogens (tertiary/aromatic N) is 1.